The van der Waals surface area contributed by atoms with Crippen molar-refractivity contribution >= 4 is 11.8 Å². The number of amides is 2. The fraction of sp³-hybridized carbons (Fsp3) is 0.737. The van der Waals surface area contributed by atoms with Crippen molar-refractivity contribution < 1.29 is 14.1 Å². The topological polar surface area (TPSA) is 96.3 Å². The molecule has 7 heteroatoms. The van der Waals surface area contributed by atoms with Gasteiger partial charge in [-0.15, -0.1) is 0 Å². The van der Waals surface area contributed by atoms with Gasteiger partial charge in [-0.3, -0.25) is 9.59 Å². The first-order valence-electron chi connectivity index (χ1n) is 9.74. The molecule has 1 saturated heterocycles. The summed E-state index contributed by atoms with van der Waals surface area (Å²) in [6.07, 6.45) is 5.54. The third-order valence-corrected chi connectivity index (χ3v) is 4.89. The highest BCUT2D eigenvalue weighted by molar-refractivity contribution is 5.76. The van der Waals surface area contributed by atoms with Crippen molar-refractivity contribution in [2.24, 2.45) is 11.8 Å². The van der Waals surface area contributed by atoms with E-state index >= 15 is 0 Å². The summed E-state index contributed by atoms with van der Waals surface area (Å²) in [4.78, 5) is 23.0. The zero-order chi connectivity index (χ0) is 18.8. The molecule has 7 nitrogen and oxygen atoms in total. The zero-order valence-corrected chi connectivity index (χ0v) is 16.0. The van der Waals surface area contributed by atoms with Gasteiger partial charge in [-0.2, -0.15) is 0 Å². The summed E-state index contributed by atoms with van der Waals surface area (Å²) < 4.78 is 5.43. The number of hydrogen-bond donors (Lipinski definition) is 3. The second-order valence-electron chi connectivity index (χ2n) is 7.14. The van der Waals surface area contributed by atoms with Crippen LogP contribution in [0.3, 0.4) is 0 Å². The molecular formula is C19H32N4O3. The predicted octanol–water partition coefficient (Wildman–Crippen LogP) is 1.43. The maximum Gasteiger partial charge on any atom is 0.220 e. The summed E-state index contributed by atoms with van der Waals surface area (Å²) >= 11 is 0. The van der Waals surface area contributed by atoms with E-state index in [4.69, 9.17) is 4.52 Å². The summed E-state index contributed by atoms with van der Waals surface area (Å²) in [7, 11) is 0. The number of nitrogens with zero attached hydrogens (tertiary/aromatic N) is 1. The minimum absolute atomic E-state index is 0.0519. The summed E-state index contributed by atoms with van der Waals surface area (Å²) in [5.41, 5.74) is 0.987. The van der Waals surface area contributed by atoms with Crippen molar-refractivity contribution in [3.8, 4) is 0 Å². The Morgan fingerprint density at radius 1 is 1.31 bits per heavy atom. The Morgan fingerprint density at radius 3 is 2.88 bits per heavy atom. The van der Waals surface area contributed by atoms with Crippen LogP contribution in [0.2, 0.25) is 0 Å². The van der Waals surface area contributed by atoms with Gasteiger partial charge in [0, 0.05) is 38.9 Å². The van der Waals surface area contributed by atoms with E-state index in [-0.39, 0.29) is 11.8 Å². The van der Waals surface area contributed by atoms with E-state index in [9.17, 15) is 9.59 Å². The van der Waals surface area contributed by atoms with Gasteiger partial charge in [0.2, 0.25) is 11.8 Å². The van der Waals surface area contributed by atoms with Crippen LogP contribution in [-0.4, -0.2) is 43.2 Å². The van der Waals surface area contributed by atoms with Gasteiger partial charge in [0.25, 0.3) is 0 Å². The van der Waals surface area contributed by atoms with Crippen LogP contribution in [0.25, 0.3) is 0 Å². The fourth-order valence-electron chi connectivity index (χ4n) is 3.43. The lowest BCUT2D eigenvalue weighted by Crippen LogP contribution is -2.41. The maximum atomic E-state index is 12.2. The zero-order valence-electron chi connectivity index (χ0n) is 16.0. The third kappa shape index (κ3) is 7.15. The van der Waals surface area contributed by atoms with Crippen LogP contribution >= 0.6 is 0 Å². The molecule has 1 aliphatic heterocycles. The highest BCUT2D eigenvalue weighted by Gasteiger charge is 2.28. The van der Waals surface area contributed by atoms with E-state index in [1.807, 2.05) is 0 Å². The van der Waals surface area contributed by atoms with Crippen molar-refractivity contribution in [2.45, 2.75) is 52.4 Å². The molecule has 0 bridgehead atoms. The number of piperidine rings is 1. The smallest absolute Gasteiger partial charge is 0.220 e. The molecule has 1 aliphatic rings. The Hall–Kier alpha value is -1.89. The number of carbonyl (C=O) groups excluding carboxylic acids is 2. The first-order valence-corrected chi connectivity index (χ1v) is 9.74. The largest absolute Gasteiger partial charge is 0.361 e. The average Bonchev–Trinajstić information content (AvgIpc) is 3.06. The average molecular weight is 364 g/mol. The van der Waals surface area contributed by atoms with Gasteiger partial charge in [-0.05, 0) is 44.2 Å². The fourth-order valence-corrected chi connectivity index (χ4v) is 3.43. The van der Waals surface area contributed by atoms with E-state index < -0.39 is 0 Å². The number of nitrogens with one attached hydrogen (secondary N) is 3. The van der Waals surface area contributed by atoms with Gasteiger partial charge in [0.05, 0.1) is 5.69 Å². The molecule has 1 aromatic rings. The number of aryl methyl sites for hydroxylation is 1. The number of rotatable bonds is 10. The van der Waals surface area contributed by atoms with Crippen molar-refractivity contribution in [1.82, 2.24) is 21.1 Å². The SMILES string of the molecule is CCCCc1cc(C[C@H]2CNCC[C@H]2CC(=O)NCCNC(C)=O)no1. The lowest BCUT2D eigenvalue weighted by Gasteiger charge is -2.31. The molecule has 0 spiro atoms. The van der Waals surface area contributed by atoms with Crippen LogP contribution in [0.1, 0.15) is 51.0 Å². The Kier molecular flexibility index (Phi) is 8.61. The number of unbranched alkanes of at least 4 members (excludes halogenated alkanes) is 1. The molecule has 2 heterocycles. The Labute approximate surface area is 155 Å². The van der Waals surface area contributed by atoms with Crippen LogP contribution in [0.15, 0.2) is 10.6 Å². The molecule has 0 aliphatic carbocycles. The molecule has 0 unspecified atom stereocenters. The molecule has 0 saturated carbocycles. The monoisotopic (exact) mass is 364 g/mol. The van der Waals surface area contributed by atoms with Gasteiger partial charge in [0.15, 0.2) is 0 Å². The second kappa shape index (κ2) is 11.0. The van der Waals surface area contributed by atoms with E-state index in [0.717, 1.165) is 56.6 Å². The van der Waals surface area contributed by atoms with Crippen molar-refractivity contribution in [2.75, 3.05) is 26.2 Å². The Morgan fingerprint density at radius 2 is 2.12 bits per heavy atom. The van der Waals surface area contributed by atoms with Crippen LogP contribution < -0.4 is 16.0 Å². The quantitative estimate of drug-likeness (QED) is 0.546. The maximum absolute atomic E-state index is 12.2. The summed E-state index contributed by atoms with van der Waals surface area (Å²) in [5, 5.41) is 13.2. The van der Waals surface area contributed by atoms with Crippen LogP contribution in [0.5, 0.6) is 0 Å². The highest BCUT2D eigenvalue weighted by atomic mass is 16.5. The highest BCUT2D eigenvalue weighted by Crippen LogP contribution is 2.26. The molecule has 2 rings (SSSR count). The van der Waals surface area contributed by atoms with Gasteiger partial charge in [-0.1, -0.05) is 18.5 Å². The van der Waals surface area contributed by atoms with Gasteiger partial charge in [-0.25, -0.2) is 0 Å². The first-order chi connectivity index (χ1) is 12.6. The molecule has 26 heavy (non-hydrogen) atoms. The molecule has 2 amide bonds. The lowest BCUT2D eigenvalue weighted by atomic mass is 9.81. The van der Waals surface area contributed by atoms with Gasteiger partial charge in [0.1, 0.15) is 5.76 Å². The number of aromatic nitrogens is 1. The lowest BCUT2D eigenvalue weighted by molar-refractivity contribution is -0.123. The van der Waals surface area contributed by atoms with E-state index in [2.05, 4.69) is 34.1 Å². The molecular weight excluding hydrogens is 332 g/mol. The third-order valence-electron chi connectivity index (χ3n) is 4.89. The molecule has 0 aromatic carbocycles. The molecule has 0 radical (unpaired) electrons. The van der Waals surface area contributed by atoms with Gasteiger partial charge < -0.3 is 20.5 Å². The second-order valence-corrected chi connectivity index (χ2v) is 7.14. The Bertz CT molecular complexity index is 573. The normalized spacial score (nSPS) is 19.9. The molecule has 1 fully saturated rings. The molecule has 2 atom stereocenters. The van der Waals surface area contributed by atoms with Crippen LogP contribution in [0.4, 0.5) is 0 Å². The van der Waals surface area contributed by atoms with Crippen molar-refractivity contribution in [3.63, 3.8) is 0 Å². The van der Waals surface area contributed by atoms with Crippen molar-refractivity contribution in [1.29, 1.82) is 0 Å². The number of hydrogen-bond acceptors (Lipinski definition) is 5. The van der Waals surface area contributed by atoms with E-state index in [1.54, 1.807) is 0 Å². The standard InChI is InChI=1S/C19H32N4O3/c1-3-4-5-18-12-17(23-26-18)10-16-13-20-7-6-15(16)11-19(25)22-9-8-21-14(2)24/h12,15-16,20H,3-11,13H2,1-2H3,(H,21,24)(H,22,25)/t15-,16-/m0/s1. The van der Waals surface area contributed by atoms with Crippen LogP contribution in [-0.2, 0) is 22.4 Å². The molecule has 146 valence electrons. The molecule has 1 aromatic heterocycles. The first kappa shape index (κ1) is 20.4. The Balaban J connectivity index is 1.79. The summed E-state index contributed by atoms with van der Waals surface area (Å²) in [6.45, 7) is 6.42. The van der Waals surface area contributed by atoms with E-state index in [1.165, 1.54) is 6.92 Å². The summed E-state index contributed by atoms with van der Waals surface area (Å²) in [6, 6.07) is 2.06. The minimum atomic E-state index is -0.0800. The molecule has 3 N–H and O–H groups in total. The predicted molar refractivity (Wildman–Crippen MR) is 99.6 cm³/mol. The van der Waals surface area contributed by atoms with Crippen LogP contribution in [0, 0.1) is 11.8 Å². The van der Waals surface area contributed by atoms with Crippen molar-refractivity contribution in [3.05, 3.63) is 17.5 Å². The minimum Gasteiger partial charge on any atom is -0.361 e. The number of carbonyl (C=O) groups is 2. The van der Waals surface area contributed by atoms with E-state index in [0.29, 0.717) is 31.3 Å². The summed E-state index contributed by atoms with van der Waals surface area (Å²) in [5.74, 6) is 1.65. The van der Waals surface area contributed by atoms with Gasteiger partial charge >= 0.3 is 0 Å².